The van der Waals surface area contributed by atoms with Gasteiger partial charge in [0.1, 0.15) is 19.3 Å². The minimum absolute atomic E-state index is 0.0274. The maximum atomic E-state index is 12.0. The Balaban J connectivity index is 1.71. The third kappa shape index (κ3) is 6.74. The molecule has 25 heavy (non-hydrogen) atoms. The Morgan fingerprint density at radius 3 is 1.92 bits per heavy atom. The van der Waals surface area contributed by atoms with Crippen LogP contribution in [-0.2, 0) is 32.3 Å². The van der Waals surface area contributed by atoms with Crippen LogP contribution in [0, 0.1) is 0 Å². The van der Waals surface area contributed by atoms with E-state index in [0.29, 0.717) is 0 Å². The quantitative estimate of drug-likeness (QED) is 0.669. The van der Waals surface area contributed by atoms with E-state index in [2.05, 4.69) is 5.32 Å². The zero-order chi connectivity index (χ0) is 17.9. The Morgan fingerprint density at radius 1 is 0.880 bits per heavy atom. The molecule has 0 spiro atoms. The number of nitrogens with one attached hydrogen (secondary N) is 1. The molecular formula is C19H22N2O4. The summed E-state index contributed by atoms with van der Waals surface area (Å²) in [5.74, 6) is -0.958. The van der Waals surface area contributed by atoms with Gasteiger partial charge >= 0.3 is 11.9 Å². The average molecular weight is 342 g/mol. The van der Waals surface area contributed by atoms with E-state index in [9.17, 15) is 9.59 Å². The molecule has 0 radical (unpaired) electrons. The topological polar surface area (TPSA) is 90.6 Å². The van der Waals surface area contributed by atoms with Crippen molar-refractivity contribution < 1.29 is 19.1 Å². The molecule has 0 fully saturated rings. The highest BCUT2D eigenvalue weighted by atomic mass is 16.5. The highest BCUT2D eigenvalue weighted by Gasteiger charge is 2.19. The van der Waals surface area contributed by atoms with E-state index < -0.39 is 18.0 Å². The Bertz CT molecular complexity index is 662. The van der Waals surface area contributed by atoms with Gasteiger partial charge in [0, 0.05) is 6.54 Å². The number of hydrogen-bond donors (Lipinski definition) is 2. The van der Waals surface area contributed by atoms with Gasteiger partial charge in [-0.3, -0.25) is 14.9 Å². The molecule has 6 heteroatoms. The Hall–Kier alpha value is -2.70. The smallest absolute Gasteiger partial charge is 0.324 e. The molecule has 0 amide bonds. The molecule has 0 aliphatic heterocycles. The second-order valence-electron chi connectivity index (χ2n) is 5.41. The molecular weight excluding hydrogens is 320 g/mol. The van der Waals surface area contributed by atoms with Gasteiger partial charge in [-0.05, 0) is 11.1 Å². The van der Waals surface area contributed by atoms with Crippen molar-refractivity contribution in [2.75, 3.05) is 13.1 Å². The first-order valence-electron chi connectivity index (χ1n) is 8.02. The van der Waals surface area contributed by atoms with Crippen molar-refractivity contribution in [3.8, 4) is 0 Å². The van der Waals surface area contributed by atoms with Crippen LogP contribution in [0.25, 0.3) is 0 Å². The van der Waals surface area contributed by atoms with Gasteiger partial charge in [-0.25, -0.2) is 0 Å². The van der Waals surface area contributed by atoms with Crippen molar-refractivity contribution in [1.82, 2.24) is 5.32 Å². The summed E-state index contributed by atoms with van der Waals surface area (Å²) in [4.78, 5) is 23.8. The first-order valence-corrected chi connectivity index (χ1v) is 8.02. The lowest BCUT2D eigenvalue weighted by Crippen LogP contribution is -2.46. The number of carbonyl (C=O) groups is 2. The maximum Gasteiger partial charge on any atom is 0.324 e. The zero-order valence-electron chi connectivity index (χ0n) is 13.9. The highest BCUT2D eigenvalue weighted by molar-refractivity contribution is 5.78. The highest BCUT2D eigenvalue weighted by Crippen LogP contribution is 2.02. The lowest BCUT2D eigenvalue weighted by Gasteiger charge is -2.15. The van der Waals surface area contributed by atoms with Crippen LogP contribution in [0.3, 0.4) is 0 Å². The summed E-state index contributed by atoms with van der Waals surface area (Å²) in [7, 11) is 0. The van der Waals surface area contributed by atoms with Crippen molar-refractivity contribution in [2.24, 2.45) is 5.73 Å². The monoisotopic (exact) mass is 342 g/mol. The largest absolute Gasteiger partial charge is 0.460 e. The first-order chi connectivity index (χ1) is 12.2. The van der Waals surface area contributed by atoms with Gasteiger partial charge < -0.3 is 15.2 Å². The van der Waals surface area contributed by atoms with E-state index in [4.69, 9.17) is 15.2 Å². The van der Waals surface area contributed by atoms with Crippen molar-refractivity contribution in [3.05, 3.63) is 71.8 Å². The molecule has 0 bridgehead atoms. The molecule has 2 aromatic carbocycles. The van der Waals surface area contributed by atoms with Crippen molar-refractivity contribution >= 4 is 11.9 Å². The maximum absolute atomic E-state index is 12.0. The van der Waals surface area contributed by atoms with Crippen LogP contribution in [0.5, 0.6) is 0 Å². The van der Waals surface area contributed by atoms with Crippen molar-refractivity contribution in [3.63, 3.8) is 0 Å². The lowest BCUT2D eigenvalue weighted by molar-refractivity contribution is -0.148. The summed E-state index contributed by atoms with van der Waals surface area (Å²) in [6.07, 6.45) is 0. The fourth-order valence-electron chi connectivity index (χ4n) is 2.09. The summed E-state index contributed by atoms with van der Waals surface area (Å²) in [6.45, 7) is 0.262. The van der Waals surface area contributed by atoms with Gasteiger partial charge in [0.05, 0.1) is 6.54 Å². The number of ether oxygens (including phenoxy) is 2. The fraction of sp³-hybridized carbons (Fsp3) is 0.263. The number of hydrogen-bond acceptors (Lipinski definition) is 6. The number of carbonyl (C=O) groups excluding carboxylic acids is 2. The number of nitrogens with two attached hydrogens (primary N) is 1. The van der Waals surface area contributed by atoms with Crippen LogP contribution < -0.4 is 11.1 Å². The van der Waals surface area contributed by atoms with Crippen LogP contribution in [-0.4, -0.2) is 31.1 Å². The third-order valence-corrected chi connectivity index (χ3v) is 3.48. The summed E-state index contributed by atoms with van der Waals surface area (Å²) >= 11 is 0. The van der Waals surface area contributed by atoms with E-state index >= 15 is 0 Å². The molecule has 3 N–H and O–H groups in total. The standard InChI is InChI=1S/C19H22N2O4/c20-11-17(19(23)25-14-16-9-5-2-6-10-16)21-12-18(22)24-13-15-7-3-1-4-8-15/h1-10,17,21H,11-14,20H2/t17-/m1/s1. The second kappa shape index (κ2) is 10.2. The summed E-state index contributed by atoms with van der Waals surface area (Å²) in [6, 6.07) is 17.9. The molecule has 2 rings (SSSR count). The van der Waals surface area contributed by atoms with Gasteiger partial charge in [0.2, 0.25) is 0 Å². The molecule has 0 unspecified atom stereocenters. The van der Waals surface area contributed by atoms with Gasteiger partial charge in [0.25, 0.3) is 0 Å². The van der Waals surface area contributed by atoms with E-state index in [0.717, 1.165) is 11.1 Å². The third-order valence-electron chi connectivity index (χ3n) is 3.48. The molecule has 1 atom stereocenters. The van der Waals surface area contributed by atoms with Crippen molar-refractivity contribution in [1.29, 1.82) is 0 Å². The van der Waals surface area contributed by atoms with Crippen molar-refractivity contribution in [2.45, 2.75) is 19.3 Å². The molecule has 0 aromatic heterocycles. The minimum Gasteiger partial charge on any atom is -0.460 e. The zero-order valence-corrected chi connectivity index (χ0v) is 13.9. The van der Waals surface area contributed by atoms with E-state index in [1.54, 1.807) is 0 Å². The van der Waals surface area contributed by atoms with E-state index in [1.165, 1.54) is 0 Å². The molecule has 0 heterocycles. The fourth-order valence-corrected chi connectivity index (χ4v) is 2.09. The Labute approximate surface area is 146 Å². The summed E-state index contributed by atoms with van der Waals surface area (Å²) in [5, 5.41) is 2.77. The molecule has 6 nitrogen and oxygen atoms in total. The molecule has 0 saturated carbocycles. The number of rotatable bonds is 9. The molecule has 0 aliphatic carbocycles. The van der Waals surface area contributed by atoms with E-state index in [-0.39, 0.29) is 26.3 Å². The predicted octanol–water partition coefficient (Wildman–Crippen LogP) is 1.39. The average Bonchev–Trinajstić information content (AvgIpc) is 2.67. The Morgan fingerprint density at radius 2 is 1.40 bits per heavy atom. The van der Waals surface area contributed by atoms with Crippen LogP contribution in [0.1, 0.15) is 11.1 Å². The SMILES string of the molecule is NC[C@@H](NCC(=O)OCc1ccccc1)C(=O)OCc1ccccc1. The first kappa shape index (κ1) is 18.6. The van der Waals surface area contributed by atoms with Gasteiger partial charge in [0.15, 0.2) is 0 Å². The van der Waals surface area contributed by atoms with Crippen LogP contribution in [0.15, 0.2) is 60.7 Å². The molecule has 2 aromatic rings. The molecule has 0 aliphatic rings. The van der Waals surface area contributed by atoms with Crippen LogP contribution in [0.2, 0.25) is 0 Å². The molecule has 0 saturated heterocycles. The van der Waals surface area contributed by atoms with Gasteiger partial charge in [-0.1, -0.05) is 60.7 Å². The lowest BCUT2D eigenvalue weighted by atomic mass is 10.2. The minimum atomic E-state index is -0.756. The second-order valence-corrected chi connectivity index (χ2v) is 5.41. The molecule has 132 valence electrons. The normalized spacial score (nSPS) is 11.6. The van der Waals surface area contributed by atoms with Crippen LogP contribution in [0.4, 0.5) is 0 Å². The Kier molecular flexibility index (Phi) is 7.62. The van der Waals surface area contributed by atoms with Crippen LogP contribution >= 0.6 is 0 Å². The number of esters is 2. The van der Waals surface area contributed by atoms with Gasteiger partial charge in [-0.15, -0.1) is 0 Å². The predicted molar refractivity (Wildman–Crippen MR) is 93.3 cm³/mol. The van der Waals surface area contributed by atoms with E-state index in [1.807, 2.05) is 60.7 Å². The number of benzene rings is 2. The summed E-state index contributed by atoms with van der Waals surface area (Å²) in [5.41, 5.74) is 7.36. The van der Waals surface area contributed by atoms with Gasteiger partial charge in [-0.2, -0.15) is 0 Å². The summed E-state index contributed by atoms with van der Waals surface area (Å²) < 4.78 is 10.3.